The van der Waals surface area contributed by atoms with Gasteiger partial charge >= 0.3 is 7.12 Å². The average molecular weight is 258 g/mol. The third-order valence-corrected chi connectivity index (χ3v) is 2.74. The van der Waals surface area contributed by atoms with Crippen molar-refractivity contribution in [2.24, 2.45) is 5.10 Å². The van der Waals surface area contributed by atoms with E-state index in [1.807, 2.05) is 19.9 Å². The van der Waals surface area contributed by atoms with Gasteiger partial charge in [-0.25, -0.2) is 9.66 Å². The summed E-state index contributed by atoms with van der Waals surface area (Å²) in [7, 11) is -1.46. The van der Waals surface area contributed by atoms with E-state index >= 15 is 0 Å². The number of imidazole rings is 1. The van der Waals surface area contributed by atoms with E-state index in [2.05, 4.69) is 10.1 Å². The largest absolute Gasteiger partial charge is 0.488 e. The quantitative estimate of drug-likeness (QED) is 0.517. The second-order valence-electron chi connectivity index (χ2n) is 4.32. The fourth-order valence-corrected chi connectivity index (χ4v) is 1.79. The van der Waals surface area contributed by atoms with Crippen LogP contribution in [0, 0.1) is 13.8 Å². The molecule has 0 amide bonds. The van der Waals surface area contributed by atoms with E-state index in [1.165, 1.54) is 4.68 Å². The first-order chi connectivity index (χ1) is 8.97. The predicted octanol–water partition coefficient (Wildman–Crippen LogP) is -0.356. The SMILES string of the molecule is Cc1cn(N=Cc2ccc(B(O)O)c(C)c2)c(N)n1. The predicted molar refractivity (Wildman–Crippen MR) is 75.4 cm³/mol. The first-order valence-corrected chi connectivity index (χ1v) is 5.80. The molecule has 0 radical (unpaired) electrons. The maximum atomic E-state index is 9.14. The molecule has 19 heavy (non-hydrogen) atoms. The third-order valence-electron chi connectivity index (χ3n) is 2.74. The molecule has 0 unspecified atom stereocenters. The van der Waals surface area contributed by atoms with Gasteiger partial charge in [0.25, 0.3) is 0 Å². The molecule has 1 heterocycles. The Hall–Kier alpha value is -2.12. The number of aryl methyl sites for hydroxylation is 2. The highest BCUT2D eigenvalue weighted by atomic mass is 16.4. The van der Waals surface area contributed by atoms with Crippen LogP contribution in [0.1, 0.15) is 16.8 Å². The number of nitrogens with two attached hydrogens (primary N) is 1. The normalized spacial score (nSPS) is 11.2. The zero-order valence-corrected chi connectivity index (χ0v) is 10.8. The summed E-state index contributed by atoms with van der Waals surface area (Å²) >= 11 is 0. The van der Waals surface area contributed by atoms with Crippen molar-refractivity contribution in [3.05, 3.63) is 41.2 Å². The molecule has 4 N–H and O–H groups in total. The van der Waals surface area contributed by atoms with Gasteiger partial charge in [-0.15, -0.1) is 0 Å². The van der Waals surface area contributed by atoms with E-state index in [0.29, 0.717) is 11.4 Å². The molecule has 2 rings (SSSR count). The Bertz CT molecular complexity index is 622. The van der Waals surface area contributed by atoms with Gasteiger partial charge in [0, 0.05) is 0 Å². The van der Waals surface area contributed by atoms with Crippen LogP contribution < -0.4 is 11.2 Å². The fraction of sp³-hybridized carbons (Fsp3) is 0.167. The van der Waals surface area contributed by atoms with Crippen LogP contribution in [0.2, 0.25) is 0 Å². The number of hydrogen-bond acceptors (Lipinski definition) is 5. The minimum Gasteiger partial charge on any atom is -0.423 e. The van der Waals surface area contributed by atoms with Crippen LogP contribution in [0.15, 0.2) is 29.5 Å². The molecule has 0 saturated carbocycles. The number of aromatic nitrogens is 2. The standard InChI is InChI=1S/C12H15BN4O2/c1-8-5-10(3-4-11(8)13(18)19)6-15-17-7-9(2)16-12(17)14/h3-7,18-19H,1-2H3,(H2,14,16). The smallest absolute Gasteiger partial charge is 0.423 e. The first kappa shape index (κ1) is 13.3. The second-order valence-corrected chi connectivity index (χ2v) is 4.32. The number of nitrogen functional groups attached to an aromatic ring is 1. The van der Waals surface area contributed by atoms with Crippen molar-refractivity contribution in [3.8, 4) is 0 Å². The third kappa shape index (κ3) is 3.01. The molecule has 0 spiro atoms. The van der Waals surface area contributed by atoms with Crippen LogP contribution in [0.25, 0.3) is 0 Å². The highest BCUT2D eigenvalue weighted by molar-refractivity contribution is 6.59. The van der Waals surface area contributed by atoms with Gasteiger partial charge in [-0.2, -0.15) is 5.10 Å². The summed E-state index contributed by atoms with van der Waals surface area (Å²) < 4.78 is 1.49. The molecule has 1 aromatic carbocycles. The molecule has 0 aliphatic rings. The molecule has 0 fully saturated rings. The number of hydrogen-bond donors (Lipinski definition) is 3. The van der Waals surface area contributed by atoms with Crippen LogP contribution >= 0.6 is 0 Å². The summed E-state index contributed by atoms with van der Waals surface area (Å²) in [5.74, 6) is 0.327. The summed E-state index contributed by atoms with van der Waals surface area (Å²) in [5, 5.41) is 22.5. The Kier molecular flexibility index (Phi) is 3.68. The first-order valence-electron chi connectivity index (χ1n) is 5.80. The van der Waals surface area contributed by atoms with Crippen molar-refractivity contribution in [2.45, 2.75) is 13.8 Å². The summed E-state index contributed by atoms with van der Waals surface area (Å²) in [6.07, 6.45) is 3.36. The van der Waals surface area contributed by atoms with Gasteiger partial charge in [0.2, 0.25) is 5.95 Å². The minimum absolute atomic E-state index is 0.327. The molecule has 2 aromatic rings. The van der Waals surface area contributed by atoms with E-state index in [-0.39, 0.29) is 0 Å². The van der Waals surface area contributed by atoms with Gasteiger partial charge in [-0.1, -0.05) is 23.8 Å². The molecular weight excluding hydrogens is 243 g/mol. The Morgan fingerprint density at radius 1 is 1.37 bits per heavy atom. The maximum Gasteiger partial charge on any atom is 0.488 e. The van der Waals surface area contributed by atoms with E-state index < -0.39 is 7.12 Å². The van der Waals surface area contributed by atoms with E-state index in [9.17, 15) is 0 Å². The topological polar surface area (TPSA) is 96.7 Å². The lowest BCUT2D eigenvalue weighted by Gasteiger charge is -2.05. The highest BCUT2D eigenvalue weighted by Gasteiger charge is 2.13. The van der Waals surface area contributed by atoms with Gasteiger partial charge < -0.3 is 15.8 Å². The van der Waals surface area contributed by atoms with Gasteiger partial charge in [0.15, 0.2) is 0 Å². The monoisotopic (exact) mass is 258 g/mol. The van der Waals surface area contributed by atoms with Crippen molar-refractivity contribution < 1.29 is 10.0 Å². The Morgan fingerprint density at radius 3 is 2.63 bits per heavy atom. The van der Waals surface area contributed by atoms with Crippen LogP contribution in [0.4, 0.5) is 5.95 Å². The van der Waals surface area contributed by atoms with Gasteiger partial charge in [-0.3, -0.25) is 0 Å². The Balaban J connectivity index is 2.24. The Morgan fingerprint density at radius 2 is 2.11 bits per heavy atom. The molecule has 0 atom stereocenters. The molecule has 6 nitrogen and oxygen atoms in total. The summed E-state index contributed by atoms with van der Waals surface area (Å²) in [4.78, 5) is 4.04. The molecule has 1 aromatic heterocycles. The second kappa shape index (κ2) is 5.25. The molecule has 0 bridgehead atoms. The molecule has 98 valence electrons. The van der Waals surface area contributed by atoms with Crippen molar-refractivity contribution in [1.29, 1.82) is 0 Å². The van der Waals surface area contributed by atoms with Gasteiger partial charge in [0.1, 0.15) is 0 Å². The van der Waals surface area contributed by atoms with Crippen molar-refractivity contribution in [2.75, 3.05) is 5.73 Å². The van der Waals surface area contributed by atoms with E-state index in [0.717, 1.165) is 16.8 Å². The fourth-order valence-electron chi connectivity index (χ4n) is 1.79. The lowest BCUT2D eigenvalue weighted by molar-refractivity contribution is 0.425. The zero-order valence-electron chi connectivity index (χ0n) is 10.8. The van der Waals surface area contributed by atoms with Gasteiger partial charge in [0.05, 0.1) is 18.1 Å². The highest BCUT2D eigenvalue weighted by Crippen LogP contribution is 2.05. The van der Waals surface area contributed by atoms with Crippen molar-refractivity contribution in [1.82, 2.24) is 9.66 Å². The van der Waals surface area contributed by atoms with Crippen molar-refractivity contribution in [3.63, 3.8) is 0 Å². The molecule has 0 saturated heterocycles. The zero-order chi connectivity index (χ0) is 14.0. The van der Waals surface area contributed by atoms with Crippen molar-refractivity contribution >= 4 is 24.7 Å². The summed E-state index contributed by atoms with van der Waals surface area (Å²) in [6.45, 7) is 3.64. The molecule has 0 aliphatic carbocycles. The summed E-state index contributed by atoms with van der Waals surface area (Å²) in [5.41, 5.74) is 8.58. The lowest BCUT2D eigenvalue weighted by atomic mass is 9.77. The number of anilines is 1. The number of rotatable bonds is 3. The van der Waals surface area contributed by atoms with Crippen LogP contribution in [0.5, 0.6) is 0 Å². The molecule has 0 aliphatic heterocycles. The Labute approximate surface area is 111 Å². The maximum absolute atomic E-state index is 9.14. The van der Waals surface area contributed by atoms with Crippen LogP contribution in [-0.4, -0.2) is 33.0 Å². The van der Waals surface area contributed by atoms with Crippen LogP contribution in [0.3, 0.4) is 0 Å². The molecular formula is C12H15BN4O2. The summed E-state index contributed by atoms with van der Waals surface area (Å²) in [6, 6.07) is 5.23. The van der Waals surface area contributed by atoms with Gasteiger partial charge in [-0.05, 0) is 24.9 Å². The lowest BCUT2D eigenvalue weighted by Crippen LogP contribution is -2.32. The van der Waals surface area contributed by atoms with E-state index in [1.54, 1.807) is 24.5 Å². The minimum atomic E-state index is -1.46. The number of benzene rings is 1. The number of nitrogens with zero attached hydrogens (tertiary/aromatic N) is 3. The van der Waals surface area contributed by atoms with Crippen LogP contribution in [-0.2, 0) is 0 Å². The average Bonchev–Trinajstić information content (AvgIpc) is 2.65. The van der Waals surface area contributed by atoms with E-state index in [4.69, 9.17) is 15.8 Å². The molecule has 7 heteroatoms.